The van der Waals surface area contributed by atoms with Crippen LogP contribution in [0.25, 0.3) is 0 Å². The second-order valence-corrected chi connectivity index (χ2v) is 7.39. The van der Waals surface area contributed by atoms with Crippen molar-refractivity contribution in [2.45, 2.75) is 25.7 Å². The Morgan fingerprint density at radius 2 is 1.67 bits per heavy atom. The highest BCUT2D eigenvalue weighted by atomic mass is 16.2. The van der Waals surface area contributed by atoms with Crippen molar-refractivity contribution >= 4 is 23.6 Å². The molecule has 154 valence electrons. The monoisotopic (exact) mass is 404 g/mol. The summed E-state index contributed by atoms with van der Waals surface area (Å²) in [7, 11) is 3.16. The molecule has 1 saturated heterocycles. The highest BCUT2D eigenvalue weighted by Crippen LogP contribution is 2.28. The average Bonchev–Trinajstić information content (AvgIpc) is 3.14. The molecule has 0 aliphatic carbocycles. The minimum atomic E-state index is -0.604. The summed E-state index contributed by atoms with van der Waals surface area (Å²) in [6, 6.07) is 18.7. The number of urea groups is 1. The number of hydrazone groups is 1. The number of guanidine groups is 1. The van der Waals surface area contributed by atoms with Crippen molar-refractivity contribution in [1.82, 2.24) is 20.1 Å². The van der Waals surface area contributed by atoms with Gasteiger partial charge in [0.2, 0.25) is 5.96 Å². The number of aliphatic imine (C=N–C) groups is 1. The zero-order chi connectivity index (χ0) is 21.3. The van der Waals surface area contributed by atoms with Gasteiger partial charge in [0, 0.05) is 20.6 Å². The molecule has 0 saturated carbocycles. The number of carbonyl (C=O) groups excluding carboxylic acids is 2. The van der Waals surface area contributed by atoms with Gasteiger partial charge in [-0.15, -0.1) is 0 Å². The van der Waals surface area contributed by atoms with E-state index in [1.165, 1.54) is 11.9 Å². The molecule has 3 amide bonds. The number of amides is 3. The van der Waals surface area contributed by atoms with Gasteiger partial charge in [0.05, 0.1) is 5.71 Å². The van der Waals surface area contributed by atoms with Crippen molar-refractivity contribution in [2.24, 2.45) is 10.1 Å². The summed E-state index contributed by atoms with van der Waals surface area (Å²) in [6.07, 6.45) is -0.598. The Labute approximate surface area is 175 Å². The second-order valence-electron chi connectivity index (χ2n) is 7.39. The highest BCUT2D eigenvalue weighted by molar-refractivity contribution is 6.04. The van der Waals surface area contributed by atoms with E-state index in [0.717, 1.165) is 21.7 Å². The largest absolute Gasteiger partial charge is 0.328 e. The van der Waals surface area contributed by atoms with E-state index in [-0.39, 0.29) is 11.9 Å². The van der Waals surface area contributed by atoms with Crippen molar-refractivity contribution in [3.63, 3.8) is 0 Å². The summed E-state index contributed by atoms with van der Waals surface area (Å²) in [6.45, 7) is 2.37. The van der Waals surface area contributed by atoms with Crippen LogP contribution in [0.4, 0.5) is 4.79 Å². The Morgan fingerprint density at radius 1 is 1.03 bits per heavy atom. The van der Waals surface area contributed by atoms with Gasteiger partial charge >= 0.3 is 6.03 Å². The van der Waals surface area contributed by atoms with Crippen molar-refractivity contribution in [2.75, 3.05) is 14.1 Å². The fourth-order valence-electron chi connectivity index (χ4n) is 3.69. The number of rotatable bonds is 4. The lowest BCUT2D eigenvalue weighted by atomic mass is 10.1. The van der Waals surface area contributed by atoms with Gasteiger partial charge in [-0.3, -0.25) is 9.69 Å². The molecular formula is C22H24N6O2. The quantitative estimate of drug-likeness (QED) is 0.625. The van der Waals surface area contributed by atoms with E-state index in [0.29, 0.717) is 12.5 Å². The van der Waals surface area contributed by atoms with Gasteiger partial charge in [-0.25, -0.2) is 15.2 Å². The van der Waals surface area contributed by atoms with Crippen molar-refractivity contribution in [1.29, 1.82) is 0 Å². The summed E-state index contributed by atoms with van der Waals surface area (Å²) in [4.78, 5) is 34.5. The summed E-state index contributed by atoms with van der Waals surface area (Å²) in [5.74, 6) is 0.191. The molecule has 30 heavy (non-hydrogen) atoms. The summed E-state index contributed by atoms with van der Waals surface area (Å²) >= 11 is 0. The third kappa shape index (κ3) is 3.52. The molecule has 1 fully saturated rings. The van der Waals surface area contributed by atoms with Crippen LogP contribution in [0.5, 0.6) is 0 Å². The van der Waals surface area contributed by atoms with Gasteiger partial charge in [0.1, 0.15) is 0 Å². The lowest BCUT2D eigenvalue weighted by molar-refractivity contribution is -0.136. The third-order valence-electron chi connectivity index (χ3n) is 5.42. The second kappa shape index (κ2) is 7.98. The number of nitrogens with one attached hydrogen (secondary N) is 1. The molecule has 2 atom stereocenters. The molecule has 2 heterocycles. The molecule has 2 aromatic rings. The Kier molecular flexibility index (Phi) is 5.22. The lowest BCUT2D eigenvalue weighted by Crippen LogP contribution is -2.64. The van der Waals surface area contributed by atoms with Gasteiger partial charge in [0.15, 0.2) is 12.2 Å². The summed E-state index contributed by atoms with van der Waals surface area (Å²) < 4.78 is 0. The van der Waals surface area contributed by atoms with Crippen molar-refractivity contribution in [3.05, 3.63) is 71.8 Å². The van der Waals surface area contributed by atoms with Crippen LogP contribution in [-0.4, -0.2) is 64.6 Å². The number of nitrogens with zero attached hydrogens (tertiary/aromatic N) is 5. The van der Waals surface area contributed by atoms with E-state index in [4.69, 9.17) is 0 Å². The van der Waals surface area contributed by atoms with Crippen LogP contribution < -0.4 is 5.43 Å². The van der Waals surface area contributed by atoms with Crippen LogP contribution in [0.2, 0.25) is 0 Å². The van der Waals surface area contributed by atoms with Crippen LogP contribution in [-0.2, 0) is 11.3 Å². The van der Waals surface area contributed by atoms with Gasteiger partial charge in [0.25, 0.3) is 5.91 Å². The van der Waals surface area contributed by atoms with E-state index >= 15 is 0 Å². The zero-order valence-corrected chi connectivity index (χ0v) is 17.2. The minimum absolute atomic E-state index is 0.275. The van der Waals surface area contributed by atoms with Gasteiger partial charge in [-0.05, 0) is 18.1 Å². The topological polar surface area (TPSA) is 80.6 Å². The van der Waals surface area contributed by atoms with Gasteiger partial charge < -0.3 is 9.80 Å². The SMILES string of the molecule is C/C(=N\NC1=NC2C(C(=O)N(C)C(=O)N2C)N1Cc1ccccc1)c1ccccc1. The summed E-state index contributed by atoms with van der Waals surface area (Å²) in [5.41, 5.74) is 5.84. The normalized spacial score (nSPS) is 21.6. The maximum absolute atomic E-state index is 13.0. The molecule has 2 unspecified atom stereocenters. The van der Waals surface area contributed by atoms with Crippen LogP contribution in [0.15, 0.2) is 70.8 Å². The molecule has 2 aromatic carbocycles. The molecule has 1 N–H and O–H groups in total. The number of likely N-dealkylation sites (N-methyl/N-ethyl adjacent to an activating group) is 2. The molecule has 8 nitrogen and oxygen atoms in total. The van der Waals surface area contributed by atoms with Gasteiger partial charge in [-0.1, -0.05) is 60.7 Å². The minimum Gasteiger partial charge on any atom is -0.321 e. The third-order valence-corrected chi connectivity index (χ3v) is 5.42. The number of hydrogen-bond acceptors (Lipinski definition) is 6. The molecule has 0 aromatic heterocycles. The van der Waals surface area contributed by atoms with Crippen LogP contribution >= 0.6 is 0 Å². The molecular weight excluding hydrogens is 380 g/mol. The molecule has 8 heteroatoms. The number of fused-ring (bicyclic) bond motifs is 1. The maximum atomic E-state index is 13.0. The predicted molar refractivity (Wildman–Crippen MR) is 115 cm³/mol. The molecule has 2 aliphatic rings. The molecule has 0 spiro atoms. The van der Waals surface area contributed by atoms with E-state index < -0.39 is 12.2 Å². The van der Waals surface area contributed by atoms with Gasteiger partial charge in [-0.2, -0.15) is 5.10 Å². The predicted octanol–water partition coefficient (Wildman–Crippen LogP) is 2.09. The first-order valence-corrected chi connectivity index (χ1v) is 9.76. The Morgan fingerprint density at radius 3 is 2.33 bits per heavy atom. The fraction of sp³-hybridized carbons (Fsp3) is 0.273. The van der Waals surface area contributed by atoms with E-state index in [1.807, 2.05) is 72.5 Å². The standard InChI is InChI=1S/C22H24N6O2/c1-15(17-12-8-5-9-13-17)24-25-21-23-19-18(20(29)27(3)22(30)26(19)2)28(21)14-16-10-6-4-7-11-16/h4-13,18-19H,14H2,1-3H3,(H,23,25)/b24-15+. The number of hydrogen-bond donors (Lipinski definition) is 1. The molecule has 4 rings (SSSR count). The smallest absolute Gasteiger partial charge is 0.321 e. The van der Waals surface area contributed by atoms with Crippen LogP contribution in [0.3, 0.4) is 0 Å². The fourth-order valence-corrected chi connectivity index (χ4v) is 3.69. The lowest BCUT2D eigenvalue weighted by Gasteiger charge is -2.39. The molecule has 0 radical (unpaired) electrons. The maximum Gasteiger partial charge on any atom is 0.328 e. The van der Waals surface area contributed by atoms with Crippen LogP contribution in [0.1, 0.15) is 18.1 Å². The average molecular weight is 404 g/mol. The Hall–Kier alpha value is -3.68. The Balaban J connectivity index is 1.65. The Bertz CT molecular complexity index is 1000. The first-order chi connectivity index (χ1) is 14.5. The highest BCUT2D eigenvalue weighted by Gasteiger charge is 2.51. The first-order valence-electron chi connectivity index (χ1n) is 9.76. The molecule has 2 aliphatic heterocycles. The van der Waals surface area contributed by atoms with Crippen molar-refractivity contribution in [3.8, 4) is 0 Å². The van der Waals surface area contributed by atoms with E-state index in [9.17, 15) is 9.59 Å². The van der Waals surface area contributed by atoms with E-state index in [2.05, 4.69) is 15.5 Å². The number of carbonyl (C=O) groups is 2. The van der Waals surface area contributed by atoms with E-state index in [1.54, 1.807) is 7.05 Å². The number of benzene rings is 2. The molecule has 0 bridgehead atoms. The summed E-state index contributed by atoms with van der Waals surface area (Å²) in [5, 5.41) is 4.48. The first kappa shape index (κ1) is 19.6. The van der Waals surface area contributed by atoms with Crippen LogP contribution in [0, 0.1) is 0 Å². The van der Waals surface area contributed by atoms with Crippen molar-refractivity contribution < 1.29 is 9.59 Å². The number of imide groups is 1. The zero-order valence-electron chi connectivity index (χ0n) is 17.2.